The summed E-state index contributed by atoms with van der Waals surface area (Å²) in [6, 6.07) is 14.7. The van der Waals surface area contributed by atoms with E-state index in [-0.39, 0.29) is 24.0 Å². The fourth-order valence-electron chi connectivity index (χ4n) is 4.15. The Labute approximate surface area is 231 Å². The normalized spacial score (nSPS) is 14.7. The third kappa shape index (κ3) is 7.66. The van der Waals surface area contributed by atoms with E-state index in [2.05, 4.69) is 10.6 Å². The molecule has 0 aromatic heterocycles. The van der Waals surface area contributed by atoms with E-state index in [0.717, 1.165) is 34.0 Å². The van der Waals surface area contributed by atoms with Gasteiger partial charge >= 0.3 is 24.1 Å². The summed E-state index contributed by atoms with van der Waals surface area (Å²) >= 11 is 1.04. The van der Waals surface area contributed by atoms with Crippen LogP contribution in [0.15, 0.2) is 48.5 Å². The number of rotatable bonds is 10. The lowest BCUT2D eigenvalue weighted by Crippen LogP contribution is -2.55. The first-order valence-corrected chi connectivity index (χ1v) is 13.5. The Kier molecular flexibility index (Phi) is 9.49. The summed E-state index contributed by atoms with van der Waals surface area (Å²) in [5.74, 6) is -2.27. The highest BCUT2D eigenvalue weighted by Crippen LogP contribution is 2.44. The van der Waals surface area contributed by atoms with Crippen LogP contribution in [-0.2, 0) is 23.8 Å². The zero-order chi connectivity index (χ0) is 28.8. The van der Waals surface area contributed by atoms with Gasteiger partial charge in [-0.25, -0.2) is 19.2 Å². The molecule has 2 aromatic rings. The number of fused-ring (bicyclic) bond motifs is 3. The number of thioether (sulfide) groups is 1. The number of carboxylic acid groups (broad SMARTS) is 1. The SMILES string of the molecule is COC(=O)[C@@H](CSC[C@@](C)(NC(=O)OC(C)(C)C)C(=O)O)NC(=O)OCC1c2ccccc2-c2ccccc21. The van der Waals surface area contributed by atoms with Crippen molar-refractivity contribution in [3.8, 4) is 11.1 Å². The van der Waals surface area contributed by atoms with Crippen LogP contribution in [0.3, 0.4) is 0 Å². The molecular formula is C28H34N2O8S. The van der Waals surface area contributed by atoms with Gasteiger partial charge in [-0.15, -0.1) is 0 Å². The molecule has 0 saturated carbocycles. The molecule has 0 heterocycles. The highest BCUT2D eigenvalue weighted by molar-refractivity contribution is 7.99. The van der Waals surface area contributed by atoms with Crippen LogP contribution in [0.5, 0.6) is 0 Å². The number of carboxylic acids is 1. The minimum Gasteiger partial charge on any atom is -0.479 e. The van der Waals surface area contributed by atoms with Gasteiger partial charge in [-0.05, 0) is 49.9 Å². The molecule has 39 heavy (non-hydrogen) atoms. The van der Waals surface area contributed by atoms with Gasteiger partial charge in [-0.1, -0.05) is 48.5 Å². The van der Waals surface area contributed by atoms with Gasteiger partial charge in [0.1, 0.15) is 23.8 Å². The number of esters is 1. The molecule has 3 rings (SSSR count). The molecule has 1 aliphatic rings. The second-order valence-corrected chi connectivity index (χ2v) is 11.4. The predicted octanol–water partition coefficient (Wildman–Crippen LogP) is 4.17. The Hall–Kier alpha value is -3.73. The summed E-state index contributed by atoms with van der Waals surface area (Å²) in [6.07, 6.45) is -1.69. The summed E-state index contributed by atoms with van der Waals surface area (Å²) < 4.78 is 15.5. The number of benzene rings is 2. The van der Waals surface area contributed by atoms with Gasteiger partial charge < -0.3 is 30.0 Å². The lowest BCUT2D eigenvalue weighted by Gasteiger charge is -2.28. The molecule has 1 aliphatic carbocycles. The van der Waals surface area contributed by atoms with Crippen molar-refractivity contribution in [2.24, 2.45) is 0 Å². The zero-order valence-electron chi connectivity index (χ0n) is 22.6. The monoisotopic (exact) mass is 558 g/mol. The Morgan fingerprint density at radius 2 is 1.51 bits per heavy atom. The fraction of sp³-hybridized carbons (Fsp3) is 0.429. The molecule has 3 N–H and O–H groups in total. The Morgan fingerprint density at radius 3 is 2.03 bits per heavy atom. The quantitative estimate of drug-likeness (QED) is 0.289. The average Bonchev–Trinajstić information content (AvgIpc) is 3.18. The Balaban J connectivity index is 1.59. The summed E-state index contributed by atoms with van der Waals surface area (Å²) in [5, 5.41) is 14.6. The van der Waals surface area contributed by atoms with Gasteiger partial charge in [0, 0.05) is 17.4 Å². The summed E-state index contributed by atoms with van der Waals surface area (Å²) in [4.78, 5) is 49.1. The van der Waals surface area contributed by atoms with E-state index in [0.29, 0.717) is 0 Å². The van der Waals surface area contributed by atoms with Crippen molar-refractivity contribution >= 4 is 35.9 Å². The molecular weight excluding hydrogens is 524 g/mol. The van der Waals surface area contributed by atoms with E-state index >= 15 is 0 Å². The highest BCUT2D eigenvalue weighted by Gasteiger charge is 2.37. The number of aliphatic carboxylic acids is 1. The Morgan fingerprint density at radius 1 is 0.949 bits per heavy atom. The van der Waals surface area contributed by atoms with E-state index in [9.17, 15) is 24.3 Å². The molecule has 0 radical (unpaired) electrons. The molecule has 0 aliphatic heterocycles. The zero-order valence-corrected chi connectivity index (χ0v) is 23.4. The van der Waals surface area contributed by atoms with E-state index < -0.39 is 41.3 Å². The van der Waals surface area contributed by atoms with Crippen molar-refractivity contribution in [2.75, 3.05) is 25.2 Å². The number of carbonyl (C=O) groups excluding carboxylic acids is 3. The smallest absolute Gasteiger partial charge is 0.408 e. The Bertz CT molecular complexity index is 1180. The number of methoxy groups -OCH3 is 1. The molecule has 0 fully saturated rings. The molecule has 210 valence electrons. The molecule has 2 amide bonds. The lowest BCUT2D eigenvalue weighted by molar-refractivity contribution is -0.143. The first kappa shape index (κ1) is 29.8. The highest BCUT2D eigenvalue weighted by atomic mass is 32.2. The topological polar surface area (TPSA) is 140 Å². The number of hydrogen-bond donors (Lipinski definition) is 3. The largest absolute Gasteiger partial charge is 0.479 e. The molecule has 0 spiro atoms. The van der Waals surface area contributed by atoms with E-state index in [1.807, 2.05) is 48.5 Å². The van der Waals surface area contributed by atoms with Crippen molar-refractivity contribution in [1.29, 1.82) is 0 Å². The first-order valence-electron chi connectivity index (χ1n) is 12.4. The summed E-state index contributed by atoms with van der Waals surface area (Å²) in [6.45, 7) is 6.39. The van der Waals surface area contributed by atoms with Crippen LogP contribution < -0.4 is 10.6 Å². The second kappa shape index (κ2) is 12.4. The van der Waals surface area contributed by atoms with E-state index in [1.165, 1.54) is 14.0 Å². The van der Waals surface area contributed by atoms with Crippen molar-refractivity contribution in [1.82, 2.24) is 10.6 Å². The summed E-state index contributed by atoms with van der Waals surface area (Å²) in [7, 11) is 1.19. The maximum absolute atomic E-state index is 12.7. The third-order valence-electron chi connectivity index (χ3n) is 6.05. The van der Waals surface area contributed by atoms with E-state index in [1.54, 1.807) is 20.8 Å². The number of hydrogen-bond acceptors (Lipinski definition) is 8. The van der Waals surface area contributed by atoms with Crippen molar-refractivity contribution in [3.05, 3.63) is 59.7 Å². The summed E-state index contributed by atoms with van der Waals surface area (Å²) in [5.41, 5.74) is 1.80. The fourth-order valence-corrected chi connectivity index (χ4v) is 5.33. The molecule has 0 bridgehead atoms. The number of nitrogens with one attached hydrogen (secondary N) is 2. The van der Waals surface area contributed by atoms with Crippen molar-refractivity contribution in [2.45, 2.75) is 50.8 Å². The third-order valence-corrected chi connectivity index (χ3v) is 7.40. The second-order valence-electron chi connectivity index (χ2n) is 10.3. The van der Waals surface area contributed by atoms with Crippen LogP contribution in [0.2, 0.25) is 0 Å². The molecule has 10 nitrogen and oxygen atoms in total. The van der Waals surface area contributed by atoms with Gasteiger partial charge in [0.2, 0.25) is 0 Å². The minimum absolute atomic E-state index is 0.0181. The van der Waals surface area contributed by atoms with Crippen LogP contribution in [0.4, 0.5) is 9.59 Å². The van der Waals surface area contributed by atoms with Crippen molar-refractivity contribution < 1.29 is 38.5 Å². The van der Waals surface area contributed by atoms with Gasteiger partial charge in [0.15, 0.2) is 0 Å². The van der Waals surface area contributed by atoms with Crippen molar-refractivity contribution in [3.63, 3.8) is 0 Å². The molecule has 0 unspecified atom stereocenters. The molecule has 0 saturated heterocycles. The van der Waals surface area contributed by atoms with Crippen LogP contribution >= 0.6 is 11.8 Å². The van der Waals surface area contributed by atoms with Gasteiger partial charge in [-0.2, -0.15) is 11.8 Å². The predicted molar refractivity (Wildman–Crippen MR) is 147 cm³/mol. The van der Waals surface area contributed by atoms with Crippen LogP contribution in [0.1, 0.15) is 44.7 Å². The van der Waals surface area contributed by atoms with Crippen LogP contribution in [-0.4, -0.2) is 71.6 Å². The van der Waals surface area contributed by atoms with Crippen LogP contribution in [0.25, 0.3) is 11.1 Å². The molecule has 2 aromatic carbocycles. The lowest BCUT2D eigenvalue weighted by atomic mass is 9.98. The van der Waals surface area contributed by atoms with Gasteiger partial charge in [0.05, 0.1) is 7.11 Å². The first-order chi connectivity index (χ1) is 18.3. The number of alkyl carbamates (subject to hydrolysis) is 2. The number of ether oxygens (including phenoxy) is 3. The molecule has 11 heteroatoms. The number of carbonyl (C=O) groups is 4. The molecule has 2 atom stereocenters. The van der Waals surface area contributed by atoms with E-state index in [4.69, 9.17) is 14.2 Å². The standard InChI is InChI=1S/C28H34N2O8S/c1-27(2,3)38-26(35)30-28(4,24(32)33)16-39-15-22(23(31)36-5)29-25(34)37-14-21-19-12-8-6-10-17(19)18-11-7-9-13-20(18)21/h6-13,21-22H,14-16H2,1-5H3,(H,29,34)(H,30,35)(H,32,33)/t22-,28-/m1/s1. The van der Waals surface area contributed by atoms with Gasteiger partial charge in [-0.3, -0.25) is 0 Å². The van der Waals surface area contributed by atoms with Gasteiger partial charge in [0.25, 0.3) is 0 Å². The van der Waals surface area contributed by atoms with Crippen LogP contribution in [0, 0.1) is 0 Å². The average molecular weight is 559 g/mol. The number of amides is 2. The minimum atomic E-state index is -1.68. The maximum atomic E-state index is 12.7. The maximum Gasteiger partial charge on any atom is 0.408 e.